The monoisotopic (exact) mass is 221 g/mol. The molecule has 1 aromatic heterocycles. The van der Waals surface area contributed by atoms with Gasteiger partial charge in [-0.15, -0.1) is 0 Å². The van der Waals surface area contributed by atoms with E-state index in [0.717, 1.165) is 24.8 Å². The number of nitrogens with zero attached hydrogens (tertiary/aromatic N) is 1. The second-order valence-corrected chi connectivity index (χ2v) is 4.01. The zero-order valence-corrected chi connectivity index (χ0v) is 9.00. The highest BCUT2D eigenvalue weighted by molar-refractivity contribution is 5.76. The van der Waals surface area contributed by atoms with Gasteiger partial charge in [-0.25, -0.2) is 0 Å². The Morgan fingerprint density at radius 2 is 2.44 bits per heavy atom. The van der Waals surface area contributed by atoms with Crippen LogP contribution in [0.4, 0.5) is 0 Å². The molecule has 0 amide bonds. The molecule has 1 aliphatic heterocycles. The summed E-state index contributed by atoms with van der Waals surface area (Å²) in [5, 5.41) is 9.27. The minimum Gasteiger partial charge on any atom is -0.481 e. The van der Waals surface area contributed by atoms with Gasteiger partial charge in [0.15, 0.2) is 0 Å². The SMILES string of the molecule is O=C(O)C(c1cccnc1)C1CCCCO1. The van der Waals surface area contributed by atoms with Crippen LogP contribution < -0.4 is 0 Å². The second-order valence-electron chi connectivity index (χ2n) is 4.01. The average molecular weight is 221 g/mol. The summed E-state index contributed by atoms with van der Waals surface area (Å²) in [4.78, 5) is 15.3. The molecule has 2 rings (SSSR count). The fourth-order valence-corrected chi connectivity index (χ4v) is 2.10. The van der Waals surface area contributed by atoms with E-state index in [1.807, 2.05) is 0 Å². The molecule has 0 aliphatic carbocycles. The van der Waals surface area contributed by atoms with Gasteiger partial charge in [0.2, 0.25) is 0 Å². The molecule has 86 valence electrons. The number of hydrogen-bond acceptors (Lipinski definition) is 3. The van der Waals surface area contributed by atoms with Crippen molar-refractivity contribution in [2.75, 3.05) is 6.61 Å². The number of hydrogen-bond donors (Lipinski definition) is 1. The van der Waals surface area contributed by atoms with Gasteiger partial charge < -0.3 is 9.84 Å². The van der Waals surface area contributed by atoms with Crippen molar-refractivity contribution in [2.45, 2.75) is 31.3 Å². The number of pyridine rings is 1. The van der Waals surface area contributed by atoms with Crippen molar-refractivity contribution in [3.05, 3.63) is 30.1 Å². The van der Waals surface area contributed by atoms with Gasteiger partial charge in [0.05, 0.1) is 6.10 Å². The zero-order chi connectivity index (χ0) is 11.4. The van der Waals surface area contributed by atoms with Gasteiger partial charge in [-0.05, 0) is 30.9 Å². The first-order chi connectivity index (χ1) is 7.79. The van der Waals surface area contributed by atoms with Crippen molar-refractivity contribution >= 4 is 5.97 Å². The third-order valence-electron chi connectivity index (χ3n) is 2.90. The maximum Gasteiger partial charge on any atom is 0.313 e. The standard InChI is InChI=1S/C12H15NO3/c14-12(15)11(9-4-3-6-13-8-9)10-5-1-2-7-16-10/h3-4,6,8,10-11H,1-2,5,7H2,(H,14,15). The molecule has 0 aromatic carbocycles. The first-order valence-electron chi connectivity index (χ1n) is 5.53. The topological polar surface area (TPSA) is 59.4 Å². The van der Waals surface area contributed by atoms with Gasteiger partial charge in [-0.2, -0.15) is 0 Å². The van der Waals surface area contributed by atoms with E-state index >= 15 is 0 Å². The molecule has 1 N–H and O–H groups in total. The van der Waals surface area contributed by atoms with E-state index in [0.29, 0.717) is 6.61 Å². The molecular weight excluding hydrogens is 206 g/mol. The highest BCUT2D eigenvalue weighted by Gasteiger charge is 2.31. The molecule has 2 unspecified atom stereocenters. The molecule has 0 bridgehead atoms. The van der Waals surface area contributed by atoms with E-state index in [9.17, 15) is 9.90 Å². The predicted octanol–water partition coefficient (Wildman–Crippen LogP) is 1.82. The van der Waals surface area contributed by atoms with Gasteiger partial charge in [-0.1, -0.05) is 6.07 Å². The van der Waals surface area contributed by atoms with Gasteiger partial charge in [0, 0.05) is 19.0 Å². The number of aromatic nitrogens is 1. The number of carboxylic acids is 1. The van der Waals surface area contributed by atoms with Crippen LogP contribution in [-0.2, 0) is 9.53 Å². The Morgan fingerprint density at radius 1 is 1.56 bits per heavy atom. The van der Waals surface area contributed by atoms with Crippen LogP contribution in [0.5, 0.6) is 0 Å². The smallest absolute Gasteiger partial charge is 0.313 e. The summed E-state index contributed by atoms with van der Waals surface area (Å²) in [5.74, 6) is -1.42. The number of ether oxygens (including phenoxy) is 1. The Kier molecular flexibility index (Phi) is 3.51. The summed E-state index contributed by atoms with van der Waals surface area (Å²) in [6.07, 6.45) is 5.91. The van der Waals surface area contributed by atoms with Gasteiger partial charge >= 0.3 is 5.97 Å². The predicted molar refractivity (Wildman–Crippen MR) is 58.2 cm³/mol. The molecular formula is C12H15NO3. The normalized spacial score (nSPS) is 22.6. The van der Waals surface area contributed by atoms with Crippen LogP contribution in [-0.4, -0.2) is 28.8 Å². The molecule has 1 aromatic rings. The molecule has 2 atom stereocenters. The molecule has 4 nitrogen and oxygen atoms in total. The summed E-state index contributed by atoms with van der Waals surface area (Å²) in [5.41, 5.74) is 0.724. The number of carbonyl (C=O) groups is 1. The first-order valence-corrected chi connectivity index (χ1v) is 5.53. The lowest BCUT2D eigenvalue weighted by atomic mass is 9.90. The third kappa shape index (κ3) is 2.39. The van der Waals surface area contributed by atoms with Crippen LogP contribution in [0.15, 0.2) is 24.5 Å². The van der Waals surface area contributed by atoms with Crippen molar-refractivity contribution in [3.8, 4) is 0 Å². The number of rotatable bonds is 3. The molecule has 16 heavy (non-hydrogen) atoms. The fraction of sp³-hybridized carbons (Fsp3) is 0.500. The Morgan fingerprint density at radius 3 is 3.00 bits per heavy atom. The van der Waals surface area contributed by atoms with Crippen molar-refractivity contribution in [3.63, 3.8) is 0 Å². The Labute approximate surface area is 94.3 Å². The van der Waals surface area contributed by atoms with E-state index < -0.39 is 11.9 Å². The third-order valence-corrected chi connectivity index (χ3v) is 2.90. The molecule has 0 saturated carbocycles. The quantitative estimate of drug-likeness (QED) is 0.845. The van der Waals surface area contributed by atoms with Crippen LogP contribution in [0.2, 0.25) is 0 Å². The maximum atomic E-state index is 11.3. The minimum absolute atomic E-state index is 0.213. The van der Waals surface area contributed by atoms with Crippen molar-refractivity contribution in [1.82, 2.24) is 4.98 Å². The first kappa shape index (κ1) is 11.1. The lowest BCUT2D eigenvalue weighted by molar-refractivity contribution is -0.144. The zero-order valence-electron chi connectivity index (χ0n) is 9.00. The summed E-state index contributed by atoms with van der Waals surface area (Å²) in [6, 6.07) is 3.55. The van der Waals surface area contributed by atoms with Crippen LogP contribution in [0.3, 0.4) is 0 Å². The summed E-state index contributed by atoms with van der Waals surface area (Å²) in [7, 11) is 0. The molecule has 4 heteroatoms. The van der Waals surface area contributed by atoms with E-state index in [1.165, 1.54) is 0 Å². The maximum absolute atomic E-state index is 11.3. The van der Waals surface area contributed by atoms with E-state index in [4.69, 9.17) is 4.74 Å². The van der Waals surface area contributed by atoms with E-state index in [-0.39, 0.29) is 6.10 Å². The minimum atomic E-state index is -0.833. The highest BCUT2D eigenvalue weighted by Crippen LogP contribution is 2.28. The van der Waals surface area contributed by atoms with Crippen LogP contribution >= 0.6 is 0 Å². The van der Waals surface area contributed by atoms with Gasteiger partial charge in [-0.3, -0.25) is 9.78 Å². The van der Waals surface area contributed by atoms with Gasteiger partial charge in [0.25, 0.3) is 0 Å². The van der Waals surface area contributed by atoms with Crippen LogP contribution in [0.1, 0.15) is 30.7 Å². The van der Waals surface area contributed by atoms with E-state index in [1.54, 1.807) is 24.5 Å². The Bertz CT molecular complexity index is 347. The fourth-order valence-electron chi connectivity index (χ4n) is 2.10. The lowest BCUT2D eigenvalue weighted by Crippen LogP contribution is -2.31. The summed E-state index contributed by atoms with van der Waals surface area (Å²) in [6.45, 7) is 0.661. The second kappa shape index (κ2) is 5.07. The molecule has 0 spiro atoms. The van der Waals surface area contributed by atoms with Crippen LogP contribution in [0.25, 0.3) is 0 Å². The van der Waals surface area contributed by atoms with Crippen molar-refractivity contribution in [2.24, 2.45) is 0 Å². The van der Waals surface area contributed by atoms with Crippen LogP contribution in [0, 0.1) is 0 Å². The number of carboxylic acid groups (broad SMARTS) is 1. The van der Waals surface area contributed by atoms with Crippen molar-refractivity contribution in [1.29, 1.82) is 0 Å². The number of aliphatic carboxylic acids is 1. The van der Waals surface area contributed by atoms with Gasteiger partial charge in [0.1, 0.15) is 5.92 Å². The highest BCUT2D eigenvalue weighted by atomic mass is 16.5. The molecule has 1 fully saturated rings. The summed E-state index contributed by atoms with van der Waals surface area (Å²) >= 11 is 0. The molecule has 1 saturated heterocycles. The largest absolute Gasteiger partial charge is 0.481 e. The lowest BCUT2D eigenvalue weighted by Gasteiger charge is -2.27. The van der Waals surface area contributed by atoms with E-state index in [2.05, 4.69) is 4.98 Å². The molecule has 1 aliphatic rings. The Hall–Kier alpha value is -1.42. The Balaban J connectivity index is 2.20. The summed E-state index contributed by atoms with van der Waals surface area (Å²) < 4.78 is 5.55. The molecule has 2 heterocycles. The van der Waals surface area contributed by atoms with Crippen molar-refractivity contribution < 1.29 is 14.6 Å². The molecule has 0 radical (unpaired) electrons. The average Bonchev–Trinajstić information content (AvgIpc) is 2.31.